The lowest BCUT2D eigenvalue weighted by molar-refractivity contribution is 0.0694. The average Bonchev–Trinajstić information content (AvgIpc) is 2.76. The number of aryl methyl sites for hydroxylation is 3. The number of carboxylic acids is 1. The van der Waals surface area contributed by atoms with Crippen LogP contribution in [0.3, 0.4) is 0 Å². The van der Waals surface area contributed by atoms with Crippen molar-refractivity contribution in [1.29, 1.82) is 0 Å². The molecule has 0 unspecified atom stereocenters. The van der Waals surface area contributed by atoms with E-state index in [1.807, 2.05) is 33.8 Å². The normalized spacial score (nSPS) is 10.8. The zero-order chi connectivity index (χ0) is 14.9. The molecule has 2 rings (SSSR count). The van der Waals surface area contributed by atoms with Gasteiger partial charge in [0.25, 0.3) is 5.95 Å². The first-order valence-electron chi connectivity index (χ1n) is 6.64. The Hall–Kier alpha value is -2.24. The highest BCUT2D eigenvalue weighted by molar-refractivity contribution is 5.90. The van der Waals surface area contributed by atoms with E-state index in [4.69, 9.17) is 0 Å². The van der Waals surface area contributed by atoms with Crippen molar-refractivity contribution < 1.29 is 9.90 Å². The van der Waals surface area contributed by atoms with Crippen LogP contribution in [0.5, 0.6) is 0 Å². The second-order valence-electron chi connectivity index (χ2n) is 4.64. The summed E-state index contributed by atoms with van der Waals surface area (Å²) in [5, 5.41) is 13.8. The number of nitrogens with zero attached hydrogens (tertiary/aromatic N) is 4. The van der Waals surface area contributed by atoms with Crippen molar-refractivity contribution in [3.8, 4) is 5.95 Å². The van der Waals surface area contributed by atoms with Crippen molar-refractivity contribution in [3.63, 3.8) is 0 Å². The molecule has 0 fully saturated rings. The Balaban J connectivity index is 2.70. The molecule has 6 nitrogen and oxygen atoms in total. The van der Waals surface area contributed by atoms with Crippen LogP contribution in [0.1, 0.15) is 47.0 Å². The lowest BCUT2D eigenvalue weighted by Gasteiger charge is -2.06. The largest absolute Gasteiger partial charge is 0.478 e. The molecule has 6 heteroatoms. The molecule has 0 aliphatic rings. The maximum absolute atomic E-state index is 11.4. The Morgan fingerprint density at radius 3 is 2.25 bits per heavy atom. The molecule has 2 aromatic rings. The molecule has 0 atom stereocenters. The SMILES string of the molecule is CCc1nn(-c2nc(C)cc(C)n2)c(CC)c1C(=O)O. The summed E-state index contributed by atoms with van der Waals surface area (Å²) < 4.78 is 1.56. The van der Waals surface area contributed by atoms with E-state index in [-0.39, 0.29) is 5.56 Å². The topological polar surface area (TPSA) is 80.9 Å². The minimum absolute atomic E-state index is 0.276. The zero-order valence-electron chi connectivity index (χ0n) is 12.1. The summed E-state index contributed by atoms with van der Waals surface area (Å²) >= 11 is 0. The van der Waals surface area contributed by atoms with E-state index >= 15 is 0 Å². The fourth-order valence-corrected chi connectivity index (χ4v) is 2.29. The summed E-state index contributed by atoms with van der Waals surface area (Å²) in [4.78, 5) is 20.2. The van der Waals surface area contributed by atoms with E-state index in [1.165, 1.54) is 0 Å². The van der Waals surface area contributed by atoms with Gasteiger partial charge in [-0.1, -0.05) is 13.8 Å². The van der Waals surface area contributed by atoms with Crippen molar-refractivity contribution >= 4 is 5.97 Å². The Morgan fingerprint density at radius 1 is 1.20 bits per heavy atom. The molecule has 2 aromatic heterocycles. The van der Waals surface area contributed by atoms with Gasteiger partial charge in [-0.2, -0.15) is 5.10 Å². The Morgan fingerprint density at radius 2 is 1.80 bits per heavy atom. The molecule has 0 radical (unpaired) electrons. The van der Waals surface area contributed by atoms with Gasteiger partial charge in [-0.25, -0.2) is 19.4 Å². The van der Waals surface area contributed by atoms with Gasteiger partial charge < -0.3 is 5.11 Å². The molecule has 0 aromatic carbocycles. The summed E-state index contributed by atoms with van der Waals surface area (Å²) in [7, 11) is 0. The minimum Gasteiger partial charge on any atom is -0.478 e. The van der Waals surface area contributed by atoms with Crippen molar-refractivity contribution in [2.75, 3.05) is 0 Å². The van der Waals surface area contributed by atoms with Crippen LogP contribution >= 0.6 is 0 Å². The predicted octanol–water partition coefficient (Wildman–Crippen LogP) is 2.10. The number of aromatic carboxylic acids is 1. The Labute approximate surface area is 117 Å². The maximum Gasteiger partial charge on any atom is 0.339 e. The molecule has 0 aliphatic carbocycles. The summed E-state index contributed by atoms with van der Waals surface area (Å²) in [6.45, 7) is 7.56. The molecular weight excluding hydrogens is 256 g/mol. The van der Waals surface area contributed by atoms with E-state index < -0.39 is 5.97 Å². The van der Waals surface area contributed by atoms with E-state index in [0.717, 1.165) is 11.4 Å². The van der Waals surface area contributed by atoms with Crippen LogP contribution in [-0.2, 0) is 12.8 Å². The van der Waals surface area contributed by atoms with Crippen LogP contribution < -0.4 is 0 Å². The zero-order valence-corrected chi connectivity index (χ0v) is 12.1. The third-order valence-corrected chi connectivity index (χ3v) is 3.10. The molecule has 2 heterocycles. The Bertz CT molecular complexity index is 641. The maximum atomic E-state index is 11.4. The second kappa shape index (κ2) is 5.40. The average molecular weight is 274 g/mol. The van der Waals surface area contributed by atoms with Gasteiger partial charge >= 0.3 is 5.97 Å². The van der Waals surface area contributed by atoms with Crippen molar-refractivity contribution in [2.45, 2.75) is 40.5 Å². The van der Waals surface area contributed by atoms with Crippen molar-refractivity contribution in [2.24, 2.45) is 0 Å². The minimum atomic E-state index is -0.950. The fourth-order valence-electron chi connectivity index (χ4n) is 2.29. The number of aromatic nitrogens is 4. The van der Waals surface area contributed by atoms with Gasteiger partial charge in [-0.3, -0.25) is 0 Å². The van der Waals surface area contributed by atoms with E-state index in [9.17, 15) is 9.90 Å². The highest BCUT2D eigenvalue weighted by Crippen LogP contribution is 2.19. The van der Waals surface area contributed by atoms with Crippen LogP contribution in [0.25, 0.3) is 5.95 Å². The first-order valence-corrected chi connectivity index (χ1v) is 6.64. The van der Waals surface area contributed by atoms with Gasteiger partial charge in [-0.15, -0.1) is 0 Å². The molecule has 1 N–H and O–H groups in total. The van der Waals surface area contributed by atoms with Crippen LogP contribution in [0.4, 0.5) is 0 Å². The quantitative estimate of drug-likeness (QED) is 0.923. The summed E-state index contributed by atoms with van der Waals surface area (Å²) in [5.41, 5.74) is 3.15. The van der Waals surface area contributed by atoms with Crippen molar-refractivity contribution in [3.05, 3.63) is 34.4 Å². The molecule has 20 heavy (non-hydrogen) atoms. The first-order chi connectivity index (χ1) is 9.47. The third kappa shape index (κ3) is 2.41. The number of hydrogen-bond acceptors (Lipinski definition) is 4. The molecule has 0 spiro atoms. The fraction of sp³-hybridized carbons (Fsp3) is 0.429. The van der Waals surface area contributed by atoms with Gasteiger partial charge in [-0.05, 0) is 32.8 Å². The number of rotatable bonds is 4. The van der Waals surface area contributed by atoms with Gasteiger partial charge in [0, 0.05) is 11.4 Å². The second-order valence-corrected chi connectivity index (χ2v) is 4.64. The first kappa shape index (κ1) is 14.2. The van der Waals surface area contributed by atoms with Crippen LogP contribution in [0, 0.1) is 13.8 Å². The summed E-state index contributed by atoms with van der Waals surface area (Å²) in [6.07, 6.45) is 1.12. The number of carboxylic acid groups (broad SMARTS) is 1. The molecule has 0 saturated heterocycles. The number of carbonyl (C=O) groups is 1. The molecule has 0 saturated carbocycles. The van der Waals surface area contributed by atoms with Crippen LogP contribution in [0.2, 0.25) is 0 Å². The van der Waals surface area contributed by atoms with Crippen LogP contribution in [0.15, 0.2) is 6.07 Å². The van der Waals surface area contributed by atoms with Gasteiger partial charge in [0.15, 0.2) is 0 Å². The van der Waals surface area contributed by atoms with E-state index in [2.05, 4.69) is 15.1 Å². The van der Waals surface area contributed by atoms with Gasteiger partial charge in [0.05, 0.1) is 11.4 Å². The van der Waals surface area contributed by atoms with E-state index in [1.54, 1.807) is 4.68 Å². The predicted molar refractivity (Wildman–Crippen MR) is 74.3 cm³/mol. The molecule has 106 valence electrons. The van der Waals surface area contributed by atoms with Crippen LogP contribution in [-0.4, -0.2) is 30.8 Å². The summed E-state index contributed by atoms with van der Waals surface area (Å²) in [5.74, 6) is -0.518. The highest BCUT2D eigenvalue weighted by Gasteiger charge is 2.23. The number of hydrogen-bond donors (Lipinski definition) is 1. The highest BCUT2D eigenvalue weighted by atomic mass is 16.4. The standard InChI is InChI=1S/C14H18N4O2/c1-5-10-12(13(19)20)11(6-2)18(17-10)14-15-8(3)7-9(4)16-14/h7H,5-6H2,1-4H3,(H,19,20). The lowest BCUT2D eigenvalue weighted by atomic mass is 10.1. The Kier molecular flexibility index (Phi) is 3.83. The lowest BCUT2D eigenvalue weighted by Crippen LogP contribution is -2.10. The monoisotopic (exact) mass is 274 g/mol. The summed E-state index contributed by atoms with van der Waals surface area (Å²) in [6, 6.07) is 1.87. The molecular formula is C14H18N4O2. The molecule has 0 bridgehead atoms. The molecule has 0 amide bonds. The molecule has 0 aliphatic heterocycles. The van der Waals surface area contributed by atoms with E-state index in [0.29, 0.717) is 30.2 Å². The van der Waals surface area contributed by atoms with Gasteiger partial charge in [0.2, 0.25) is 0 Å². The smallest absolute Gasteiger partial charge is 0.339 e. The third-order valence-electron chi connectivity index (χ3n) is 3.10. The van der Waals surface area contributed by atoms with Gasteiger partial charge in [0.1, 0.15) is 5.56 Å². The van der Waals surface area contributed by atoms with Crippen molar-refractivity contribution in [1.82, 2.24) is 19.7 Å².